The summed E-state index contributed by atoms with van der Waals surface area (Å²) in [6, 6.07) is 33.8. The molecule has 8 rings (SSSR count). The van der Waals surface area contributed by atoms with Gasteiger partial charge in [-0.05, 0) is 93.2 Å². The minimum Gasteiger partial charge on any atom is -0.255 e. The number of nitrogens with zero attached hydrogens (tertiary/aromatic N) is 1. The van der Waals surface area contributed by atoms with Crippen LogP contribution in [0.2, 0.25) is 0 Å². The summed E-state index contributed by atoms with van der Waals surface area (Å²) in [4.78, 5) is 5.44. The molecule has 5 aromatic rings. The van der Waals surface area contributed by atoms with E-state index in [1.165, 1.54) is 72.1 Å². The first-order chi connectivity index (χ1) is 17.6. The summed E-state index contributed by atoms with van der Waals surface area (Å²) < 4.78 is 0. The second-order valence-corrected chi connectivity index (χ2v) is 10.8. The third kappa shape index (κ3) is 2.43. The van der Waals surface area contributed by atoms with Crippen LogP contribution in [-0.2, 0) is 0 Å². The predicted octanol–water partition coefficient (Wildman–Crippen LogP) is 8.62. The molecular formula is C35H27N. The number of aliphatic imine (C=N–C) groups is 1. The molecule has 0 fully saturated rings. The van der Waals surface area contributed by atoms with Crippen molar-refractivity contribution >= 4 is 22.2 Å². The SMILES string of the molecule is Cc1cc(C)c2c(C)cc3c4c2c1C(c1ccccc1)C1=Nc2cccc(c2C14)C3c1ccccc1. The van der Waals surface area contributed by atoms with Crippen LogP contribution in [0.25, 0.3) is 10.8 Å². The van der Waals surface area contributed by atoms with Crippen LogP contribution < -0.4 is 0 Å². The average Bonchev–Trinajstić information content (AvgIpc) is 3.28. The molecule has 1 nitrogen and oxygen atoms in total. The quantitative estimate of drug-likeness (QED) is 0.249. The first kappa shape index (κ1) is 20.2. The van der Waals surface area contributed by atoms with Crippen molar-refractivity contribution in [1.82, 2.24) is 0 Å². The van der Waals surface area contributed by atoms with E-state index in [4.69, 9.17) is 4.99 Å². The molecule has 0 saturated heterocycles. The van der Waals surface area contributed by atoms with E-state index in [1.54, 1.807) is 0 Å². The summed E-state index contributed by atoms with van der Waals surface area (Å²) in [6.07, 6.45) is 0. The largest absolute Gasteiger partial charge is 0.255 e. The zero-order valence-corrected chi connectivity index (χ0v) is 20.8. The van der Waals surface area contributed by atoms with Crippen molar-refractivity contribution in [1.29, 1.82) is 0 Å². The molecule has 0 amide bonds. The zero-order chi connectivity index (χ0) is 24.1. The molecule has 3 unspecified atom stereocenters. The van der Waals surface area contributed by atoms with Crippen LogP contribution in [0.1, 0.15) is 73.4 Å². The van der Waals surface area contributed by atoms with Crippen LogP contribution >= 0.6 is 0 Å². The summed E-state index contributed by atoms with van der Waals surface area (Å²) in [5.74, 6) is 0.634. The number of benzene rings is 5. The lowest BCUT2D eigenvalue weighted by Crippen LogP contribution is -2.31. The fraction of sp³-hybridized carbons (Fsp3) is 0.171. The van der Waals surface area contributed by atoms with Gasteiger partial charge in [0.05, 0.1) is 11.6 Å². The van der Waals surface area contributed by atoms with E-state index in [-0.39, 0.29) is 17.8 Å². The van der Waals surface area contributed by atoms with Gasteiger partial charge in [-0.2, -0.15) is 0 Å². The second-order valence-electron chi connectivity index (χ2n) is 10.8. The third-order valence-corrected chi connectivity index (χ3v) is 8.83. The average molecular weight is 462 g/mol. The van der Waals surface area contributed by atoms with E-state index in [1.807, 2.05) is 0 Å². The molecule has 1 heterocycles. The van der Waals surface area contributed by atoms with Crippen molar-refractivity contribution in [3.05, 3.63) is 147 Å². The summed E-state index contributed by atoms with van der Waals surface area (Å²) in [5.41, 5.74) is 16.6. The Hall–Kier alpha value is -3.97. The van der Waals surface area contributed by atoms with Crippen LogP contribution in [0.5, 0.6) is 0 Å². The number of hydrogen-bond acceptors (Lipinski definition) is 1. The Kier molecular flexibility index (Phi) is 3.96. The molecule has 0 spiro atoms. The molecule has 0 bridgehead atoms. The van der Waals surface area contributed by atoms with Crippen molar-refractivity contribution in [2.75, 3.05) is 0 Å². The van der Waals surface area contributed by atoms with Gasteiger partial charge in [-0.15, -0.1) is 0 Å². The molecule has 0 aromatic heterocycles. The Morgan fingerprint density at radius 2 is 1.17 bits per heavy atom. The lowest BCUT2D eigenvalue weighted by molar-refractivity contribution is 0.846. The number of rotatable bonds is 2. The highest BCUT2D eigenvalue weighted by Crippen LogP contribution is 2.60. The Morgan fingerprint density at radius 1 is 0.500 bits per heavy atom. The minimum absolute atomic E-state index is 0.176. The van der Waals surface area contributed by atoms with Gasteiger partial charge in [0.1, 0.15) is 0 Å². The van der Waals surface area contributed by atoms with E-state index < -0.39 is 0 Å². The van der Waals surface area contributed by atoms with Gasteiger partial charge in [0, 0.05) is 17.5 Å². The summed E-state index contributed by atoms with van der Waals surface area (Å²) in [5, 5.41) is 2.93. The standard InChI is InChI=1S/C35H27N/c1-19-17-20(2)28-30(23-13-8-5-9-14-23)35-34-31-24(15-10-16-26(31)36-35)29(22-11-6-4-7-12-22)25-18-21(3)27(19)33(28)32(25)34/h4-18,29-30,34H,1-3H3. The molecule has 2 aliphatic carbocycles. The van der Waals surface area contributed by atoms with Gasteiger partial charge in [-0.25, -0.2) is 0 Å². The fourth-order valence-corrected chi connectivity index (χ4v) is 7.65. The fourth-order valence-electron chi connectivity index (χ4n) is 7.65. The van der Waals surface area contributed by atoms with Crippen molar-refractivity contribution < 1.29 is 0 Å². The van der Waals surface area contributed by atoms with E-state index in [0.717, 1.165) is 5.69 Å². The van der Waals surface area contributed by atoms with Gasteiger partial charge in [0.2, 0.25) is 0 Å². The monoisotopic (exact) mass is 461 g/mol. The maximum Gasteiger partial charge on any atom is 0.0675 e. The van der Waals surface area contributed by atoms with E-state index >= 15 is 0 Å². The highest BCUT2D eigenvalue weighted by Gasteiger charge is 2.47. The number of hydrogen-bond donors (Lipinski definition) is 0. The summed E-state index contributed by atoms with van der Waals surface area (Å²) >= 11 is 0. The zero-order valence-electron chi connectivity index (χ0n) is 20.8. The molecule has 0 radical (unpaired) electrons. The van der Waals surface area contributed by atoms with Crippen LogP contribution in [0, 0.1) is 20.8 Å². The highest BCUT2D eigenvalue weighted by atomic mass is 14.8. The molecule has 1 aliphatic heterocycles. The Labute approximate surface area is 212 Å². The van der Waals surface area contributed by atoms with Crippen molar-refractivity contribution in [3.63, 3.8) is 0 Å². The molecule has 5 aromatic carbocycles. The number of aryl methyl sites for hydroxylation is 3. The van der Waals surface area contributed by atoms with Crippen molar-refractivity contribution in [2.24, 2.45) is 4.99 Å². The predicted molar refractivity (Wildman–Crippen MR) is 149 cm³/mol. The summed E-state index contributed by atoms with van der Waals surface area (Å²) in [7, 11) is 0. The molecule has 172 valence electrons. The van der Waals surface area contributed by atoms with Crippen LogP contribution in [0.15, 0.2) is 96.0 Å². The van der Waals surface area contributed by atoms with Crippen molar-refractivity contribution in [3.8, 4) is 0 Å². The maximum absolute atomic E-state index is 5.44. The van der Waals surface area contributed by atoms with Gasteiger partial charge in [0.25, 0.3) is 0 Å². The highest BCUT2D eigenvalue weighted by molar-refractivity contribution is 6.16. The molecule has 3 atom stereocenters. The first-order valence-corrected chi connectivity index (χ1v) is 13.0. The Balaban J connectivity index is 1.59. The molecule has 3 aliphatic rings. The smallest absolute Gasteiger partial charge is 0.0675 e. The maximum atomic E-state index is 5.44. The molecule has 1 heteroatoms. The topological polar surface area (TPSA) is 12.4 Å². The van der Waals surface area contributed by atoms with Gasteiger partial charge in [-0.1, -0.05) is 84.9 Å². The van der Waals surface area contributed by atoms with Gasteiger partial charge < -0.3 is 0 Å². The molecule has 0 saturated carbocycles. The van der Waals surface area contributed by atoms with Crippen LogP contribution in [-0.4, -0.2) is 5.71 Å². The molecule has 36 heavy (non-hydrogen) atoms. The third-order valence-electron chi connectivity index (χ3n) is 8.83. The Morgan fingerprint density at radius 3 is 1.89 bits per heavy atom. The normalized spacial score (nSPS) is 20.5. The van der Waals surface area contributed by atoms with Gasteiger partial charge in [0.15, 0.2) is 0 Å². The lowest BCUT2D eigenvalue weighted by atomic mass is 9.61. The van der Waals surface area contributed by atoms with Gasteiger partial charge in [-0.3, -0.25) is 4.99 Å². The Bertz CT molecular complexity index is 1760. The first-order valence-electron chi connectivity index (χ1n) is 13.0. The molecular weight excluding hydrogens is 434 g/mol. The van der Waals surface area contributed by atoms with Gasteiger partial charge >= 0.3 is 0 Å². The summed E-state index contributed by atoms with van der Waals surface area (Å²) in [6.45, 7) is 6.90. The lowest BCUT2D eigenvalue weighted by Gasteiger charge is -2.41. The second kappa shape index (κ2) is 7.04. The minimum atomic E-state index is 0.176. The van der Waals surface area contributed by atoms with Crippen LogP contribution in [0.3, 0.4) is 0 Å². The van der Waals surface area contributed by atoms with E-state index in [9.17, 15) is 0 Å². The van der Waals surface area contributed by atoms with Crippen LogP contribution in [0.4, 0.5) is 5.69 Å². The van der Waals surface area contributed by atoms with Crippen molar-refractivity contribution in [2.45, 2.75) is 38.5 Å². The molecule has 0 N–H and O–H groups in total. The van der Waals surface area contributed by atoms with E-state index in [0.29, 0.717) is 0 Å². The van der Waals surface area contributed by atoms with E-state index in [2.05, 4.69) is 112 Å².